The highest BCUT2D eigenvalue weighted by atomic mass is 16.5. The van der Waals surface area contributed by atoms with Crippen LogP contribution in [-0.2, 0) is 9.53 Å². The van der Waals surface area contributed by atoms with Crippen LogP contribution in [-0.4, -0.2) is 25.2 Å². The van der Waals surface area contributed by atoms with E-state index in [-0.39, 0.29) is 12.1 Å². The summed E-state index contributed by atoms with van der Waals surface area (Å²) in [6, 6.07) is 0. The molecule has 0 aromatic carbocycles. The SMILES string of the molecule is CCCC(C)OC(=O)CC1CNC1. The molecule has 0 aliphatic carbocycles. The lowest BCUT2D eigenvalue weighted by Gasteiger charge is -2.26. The van der Waals surface area contributed by atoms with Gasteiger partial charge < -0.3 is 10.1 Å². The van der Waals surface area contributed by atoms with Crippen molar-refractivity contribution >= 4 is 5.97 Å². The molecule has 1 saturated heterocycles. The first-order valence-electron chi connectivity index (χ1n) is 5.12. The average Bonchev–Trinajstić information content (AvgIpc) is 1.97. The smallest absolute Gasteiger partial charge is 0.306 e. The Labute approximate surface area is 79.8 Å². The van der Waals surface area contributed by atoms with Gasteiger partial charge in [0.05, 0.1) is 12.5 Å². The Morgan fingerprint density at radius 2 is 2.31 bits per heavy atom. The van der Waals surface area contributed by atoms with E-state index < -0.39 is 0 Å². The highest BCUT2D eigenvalue weighted by molar-refractivity contribution is 5.70. The van der Waals surface area contributed by atoms with Crippen LogP contribution < -0.4 is 5.32 Å². The summed E-state index contributed by atoms with van der Waals surface area (Å²) in [6.45, 7) is 6.00. The van der Waals surface area contributed by atoms with Crippen LogP contribution >= 0.6 is 0 Å². The van der Waals surface area contributed by atoms with Crippen molar-refractivity contribution in [2.75, 3.05) is 13.1 Å². The minimum absolute atomic E-state index is 0.0348. The molecule has 1 fully saturated rings. The molecule has 0 aromatic rings. The Bertz CT molecular complexity index is 166. The molecule has 0 amide bonds. The number of rotatable bonds is 5. The Kier molecular flexibility index (Phi) is 4.22. The van der Waals surface area contributed by atoms with Crippen LogP contribution in [0, 0.1) is 5.92 Å². The van der Waals surface area contributed by atoms with E-state index in [2.05, 4.69) is 12.2 Å². The van der Waals surface area contributed by atoms with E-state index in [1.807, 2.05) is 6.92 Å². The molecule has 3 nitrogen and oxygen atoms in total. The van der Waals surface area contributed by atoms with Gasteiger partial charge in [-0.3, -0.25) is 4.79 Å². The molecule has 13 heavy (non-hydrogen) atoms. The minimum atomic E-state index is -0.0348. The van der Waals surface area contributed by atoms with E-state index in [0.29, 0.717) is 12.3 Å². The van der Waals surface area contributed by atoms with Crippen molar-refractivity contribution < 1.29 is 9.53 Å². The van der Waals surface area contributed by atoms with Crippen molar-refractivity contribution in [3.8, 4) is 0 Å². The van der Waals surface area contributed by atoms with E-state index >= 15 is 0 Å². The third kappa shape index (κ3) is 3.77. The Morgan fingerprint density at radius 1 is 1.62 bits per heavy atom. The number of nitrogens with one attached hydrogen (secondary N) is 1. The van der Waals surface area contributed by atoms with Crippen LogP contribution in [0.25, 0.3) is 0 Å². The van der Waals surface area contributed by atoms with Gasteiger partial charge in [-0.15, -0.1) is 0 Å². The standard InChI is InChI=1S/C10H19NO2/c1-3-4-8(2)13-10(12)5-9-6-11-7-9/h8-9,11H,3-7H2,1-2H3. The lowest BCUT2D eigenvalue weighted by atomic mass is 10.00. The summed E-state index contributed by atoms with van der Waals surface area (Å²) in [5.41, 5.74) is 0. The van der Waals surface area contributed by atoms with Gasteiger partial charge in [-0.25, -0.2) is 0 Å². The van der Waals surface area contributed by atoms with Gasteiger partial charge in [0.1, 0.15) is 0 Å². The van der Waals surface area contributed by atoms with E-state index in [1.54, 1.807) is 0 Å². The lowest BCUT2D eigenvalue weighted by molar-refractivity contribution is -0.150. The monoisotopic (exact) mass is 185 g/mol. The van der Waals surface area contributed by atoms with Crippen LogP contribution in [0.2, 0.25) is 0 Å². The first-order valence-corrected chi connectivity index (χ1v) is 5.12. The number of ether oxygens (including phenoxy) is 1. The molecule has 1 rings (SSSR count). The predicted octanol–water partition coefficient (Wildman–Crippen LogP) is 1.33. The molecule has 1 atom stereocenters. The molecule has 0 aromatic heterocycles. The van der Waals surface area contributed by atoms with Crippen molar-refractivity contribution in [1.29, 1.82) is 0 Å². The summed E-state index contributed by atoms with van der Waals surface area (Å²) >= 11 is 0. The molecule has 1 heterocycles. The number of hydrogen-bond donors (Lipinski definition) is 1. The lowest BCUT2D eigenvalue weighted by Crippen LogP contribution is -2.43. The maximum Gasteiger partial charge on any atom is 0.306 e. The first kappa shape index (κ1) is 10.5. The minimum Gasteiger partial charge on any atom is -0.463 e. The van der Waals surface area contributed by atoms with Crippen molar-refractivity contribution in [3.63, 3.8) is 0 Å². The molecule has 76 valence electrons. The summed E-state index contributed by atoms with van der Waals surface area (Å²) in [7, 11) is 0. The topological polar surface area (TPSA) is 38.3 Å². The van der Waals surface area contributed by atoms with Crippen LogP contribution in [0.5, 0.6) is 0 Å². The number of carbonyl (C=O) groups excluding carboxylic acids is 1. The summed E-state index contributed by atoms with van der Waals surface area (Å²) in [5.74, 6) is 0.480. The second-order valence-corrected chi connectivity index (χ2v) is 3.82. The molecule has 1 aliphatic heterocycles. The van der Waals surface area contributed by atoms with E-state index in [1.165, 1.54) is 0 Å². The molecule has 0 saturated carbocycles. The highest BCUT2D eigenvalue weighted by Crippen LogP contribution is 2.11. The Morgan fingerprint density at radius 3 is 2.77 bits per heavy atom. The molecule has 1 N–H and O–H groups in total. The Hall–Kier alpha value is -0.570. The molecule has 0 spiro atoms. The molecule has 3 heteroatoms. The molecule has 0 bridgehead atoms. The largest absolute Gasteiger partial charge is 0.463 e. The zero-order chi connectivity index (χ0) is 9.68. The summed E-state index contributed by atoms with van der Waals surface area (Å²) in [5, 5.41) is 3.14. The summed E-state index contributed by atoms with van der Waals surface area (Å²) < 4.78 is 5.23. The van der Waals surface area contributed by atoms with Gasteiger partial charge in [0.25, 0.3) is 0 Å². The number of esters is 1. The fourth-order valence-electron chi connectivity index (χ4n) is 1.47. The molecular weight excluding hydrogens is 166 g/mol. The van der Waals surface area contributed by atoms with Crippen LogP contribution in [0.3, 0.4) is 0 Å². The highest BCUT2D eigenvalue weighted by Gasteiger charge is 2.21. The van der Waals surface area contributed by atoms with E-state index in [0.717, 1.165) is 25.9 Å². The van der Waals surface area contributed by atoms with Gasteiger partial charge in [0.15, 0.2) is 0 Å². The fraction of sp³-hybridized carbons (Fsp3) is 0.900. The molecule has 1 aliphatic rings. The van der Waals surface area contributed by atoms with Crippen molar-refractivity contribution in [3.05, 3.63) is 0 Å². The first-order chi connectivity index (χ1) is 6.22. The van der Waals surface area contributed by atoms with Gasteiger partial charge in [0, 0.05) is 0 Å². The van der Waals surface area contributed by atoms with Crippen LogP contribution in [0.4, 0.5) is 0 Å². The third-order valence-corrected chi connectivity index (χ3v) is 2.35. The molecular formula is C10H19NO2. The van der Waals surface area contributed by atoms with Crippen molar-refractivity contribution in [1.82, 2.24) is 5.32 Å². The number of carbonyl (C=O) groups is 1. The summed E-state index contributed by atoms with van der Waals surface area (Å²) in [6.07, 6.45) is 2.71. The van der Waals surface area contributed by atoms with Gasteiger partial charge >= 0.3 is 5.97 Å². The quantitative estimate of drug-likeness (QED) is 0.657. The summed E-state index contributed by atoms with van der Waals surface area (Å²) in [4.78, 5) is 11.3. The van der Waals surface area contributed by atoms with Crippen molar-refractivity contribution in [2.24, 2.45) is 5.92 Å². The second-order valence-electron chi connectivity index (χ2n) is 3.82. The number of hydrogen-bond acceptors (Lipinski definition) is 3. The van der Waals surface area contributed by atoms with Crippen LogP contribution in [0.15, 0.2) is 0 Å². The second kappa shape index (κ2) is 5.22. The van der Waals surface area contributed by atoms with E-state index in [4.69, 9.17) is 4.74 Å². The normalized spacial score (nSPS) is 19.2. The molecule has 1 unspecified atom stereocenters. The predicted molar refractivity (Wildman–Crippen MR) is 51.4 cm³/mol. The van der Waals surface area contributed by atoms with Gasteiger partial charge in [-0.1, -0.05) is 13.3 Å². The van der Waals surface area contributed by atoms with Gasteiger partial charge in [0.2, 0.25) is 0 Å². The van der Waals surface area contributed by atoms with Gasteiger partial charge in [-0.2, -0.15) is 0 Å². The van der Waals surface area contributed by atoms with E-state index in [9.17, 15) is 4.79 Å². The average molecular weight is 185 g/mol. The Balaban J connectivity index is 2.08. The van der Waals surface area contributed by atoms with Gasteiger partial charge in [-0.05, 0) is 32.4 Å². The molecule has 0 radical (unpaired) electrons. The fourth-order valence-corrected chi connectivity index (χ4v) is 1.47. The van der Waals surface area contributed by atoms with Crippen LogP contribution in [0.1, 0.15) is 33.1 Å². The maximum absolute atomic E-state index is 11.3. The zero-order valence-electron chi connectivity index (χ0n) is 8.51. The third-order valence-electron chi connectivity index (χ3n) is 2.35. The van der Waals surface area contributed by atoms with Crippen molar-refractivity contribution in [2.45, 2.75) is 39.2 Å². The maximum atomic E-state index is 11.3. The zero-order valence-corrected chi connectivity index (χ0v) is 8.51.